The zero-order valence-electron chi connectivity index (χ0n) is 21.6. The van der Waals surface area contributed by atoms with Gasteiger partial charge >= 0.3 is 0 Å². The third-order valence-corrected chi connectivity index (χ3v) is 8.36. The summed E-state index contributed by atoms with van der Waals surface area (Å²) < 4.78 is 8.85. The molecule has 0 unspecified atom stereocenters. The van der Waals surface area contributed by atoms with Gasteiger partial charge in [0.1, 0.15) is 11.2 Å². The zero-order valence-corrected chi connectivity index (χ0v) is 21.6. The van der Waals surface area contributed by atoms with E-state index < -0.39 is 0 Å². The lowest BCUT2D eigenvalue weighted by Gasteiger charge is -2.11. The van der Waals surface area contributed by atoms with Crippen molar-refractivity contribution < 1.29 is 4.42 Å². The Bertz CT molecular complexity index is 2440. The first-order valence-corrected chi connectivity index (χ1v) is 13.7. The van der Waals surface area contributed by atoms with Gasteiger partial charge < -0.3 is 8.98 Å². The van der Waals surface area contributed by atoms with Crippen LogP contribution in [0.1, 0.15) is 0 Å². The van der Waals surface area contributed by atoms with Crippen LogP contribution in [-0.2, 0) is 0 Å². The minimum absolute atomic E-state index is 0.924. The first-order chi connectivity index (χ1) is 19.8. The van der Waals surface area contributed by atoms with Gasteiger partial charge in [-0.15, -0.1) is 0 Å². The van der Waals surface area contributed by atoms with Crippen LogP contribution >= 0.6 is 0 Å². The molecule has 2 aromatic heterocycles. The smallest absolute Gasteiger partial charge is 0.145 e. The van der Waals surface area contributed by atoms with E-state index in [0.29, 0.717) is 0 Å². The molecule has 0 atom stereocenters. The number of rotatable bonds is 2. The summed E-state index contributed by atoms with van der Waals surface area (Å²) in [4.78, 5) is 0. The number of aromatic nitrogens is 1. The molecular formula is C38H23NO. The van der Waals surface area contributed by atoms with E-state index in [2.05, 4.69) is 138 Å². The van der Waals surface area contributed by atoms with Gasteiger partial charge in [0.25, 0.3) is 0 Å². The van der Waals surface area contributed by atoms with E-state index in [1.807, 2.05) is 6.07 Å². The third-order valence-electron chi connectivity index (χ3n) is 8.36. The molecule has 0 saturated carbocycles. The fourth-order valence-electron chi connectivity index (χ4n) is 6.52. The number of furan rings is 1. The van der Waals surface area contributed by atoms with Gasteiger partial charge in [0, 0.05) is 21.8 Å². The Hall–Kier alpha value is -5.34. The van der Waals surface area contributed by atoms with Crippen molar-refractivity contribution in [2.75, 3.05) is 0 Å². The molecule has 0 bridgehead atoms. The van der Waals surface area contributed by atoms with Gasteiger partial charge in [-0.1, -0.05) is 97.1 Å². The maximum absolute atomic E-state index is 6.48. The van der Waals surface area contributed by atoms with Crippen molar-refractivity contribution in [2.45, 2.75) is 0 Å². The summed E-state index contributed by atoms with van der Waals surface area (Å²) in [7, 11) is 0. The Morgan fingerprint density at radius 1 is 0.425 bits per heavy atom. The second kappa shape index (κ2) is 8.08. The van der Waals surface area contributed by atoms with Gasteiger partial charge in [-0.2, -0.15) is 0 Å². The molecule has 2 nitrogen and oxygen atoms in total. The van der Waals surface area contributed by atoms with Gasteiger partial charge in [0.15, 0.2) is 0 Å². The molecule has 0 radical (unpaired) electrons. The third kappa shape index (κ3) is 2.99. The van der Waals surface area contributed by atoms with Crippen LogP contribution in [0, 0.1) is 0 Å². The van der Waals surface area contributed by atoms with Crippen LogP contribution in [0.3, 0.4) is 0 Å². The van der Waals surface area contributed by atoms with E-state index in [4.69, 9.17) is 4.42 Å². The van der Waals surface area contributed by atoms with Crippen molar-refractivity contribution in [3.05, 3.63) is 140 Å². The summed E-state index contributed by atoms with van der Waals surface area (Å²) in [5.41, 5.74) is 7.74. The highest BCUT2D eigenvalue weighted by molar-refractivity contribution is 6.23. The zero-order chi connectivity index (χ0) is 26.2. The summed E-state index contributed by atoms with van der Waals surface area (Å²) in [5, 5.41) is 9.76. The summed E-state index contributed by atoms with van der Waals surface area (Å²) in [6.45, 7) is 0. The molecular weight excluding hydrogens is 486 g/mol. The maximum atomic E-state index is 6.48. The van der Waals surface area contributed by atoms with E-state index in [0.717, 1.165) is 38.5 Å². The highest BCUT2D eigenvalue weighted by Crippen LogP contribution is 2.41. The number of hydrogen-bond donors (Lipinski definition) is 0. The van der Waals surface area contributed by atoms with Gasteiger partial charge in [-0.3, -0.25) is 0 Å². The van der Waals surface area contributed by atoms with Crippen molar-refractivity contribution in [3.63, 3.8) is 0 Å². The quantitative estimate of drug-likeness (QED) is 0.212. The number of para-hydroxylation sites is 2. The number of nitrogens with zero attached hydrogens (tertiary/aromatic N) is 1. The topological polar surface area (TPSA) is 18.1 Å². The Morgan fingerprint density at radius 2 is 1.15 bits per heavy atom. The summed E-state index contributed by atoms with van der Waals surface area (Å²) in [6, 6.07) is 50.1. The lowest BCUT2D eigenvalue weighted by Crippen LogP contribution is -1.94. The molecule has 7 aromatic carbocycles. The molecule has 0 aliphatic carbocycles. The molecule has 0 N–H and O–H groups in total. The first-order valence-electron chi connectivity index (χ1n) is 13.7. The number of benzene rings is 7. The van der Waals surface area contributed by atoms with Crippen molar-refractivity contribution in [2.24, 2.45) is 0 Å². The predicted octanol–water partition coefficient (Wildman–Crippen LogP) is 10.7. The molecule has 0 amide bonds. The second-order valence-corrected chi connectivity index (χ2v) is 10.6. The van der Waals surface area contributed by atoms with E-state index in [9.17, 15) is 0 Å². The minimum Gasteiger partial charge on any atom is -0.455 e. The van der Waals surface area contributed by atoms with E-state index in [-0.39, 0.29) is 0 Å². The molecule has 9 rings (SSSR count). The molecule has 0 aliphatic rings. The average molecular weight is 510 g/mol. The van der Waals surface area contributed by atoms with Gasteiger partial charge in [-0.05, 0) is 75.1 Å². The van der Waals surface area contributed by atoms with Crippen LogP contribution in [0.15, 0.2) is 144 Å². The highest BCUT2D eigenvalue weighted by Gasteiger charge is 2.18. The van der Waals surface area contributed by atoms with Crippen molar-refractivity contribution in [3.8, 4) is 16.8 Å². The monoisotopic (exact) mass is 509 g/mol. The normalized spacial score (nSPS) is 12.0. The standard InChI is InChI=1S/C38H23NO/c1-2-11-29-24(8-1)16-17-25-18-19-27(23-33(25)29)26-9-7-10-28(22-26)39-34-14-5-3-13-32(34)37-35(39)21-20-31-30-12-4-6-15-36(30)40-38(31)37/h1-23H. The molecule has 0 fully saturated rings. The Labute approximate surface area is 230 Å². The summed E-state index contributed by atoms with van der Waals surface area (Å²) in [6.07, 6.45) is 0. The van der Waals surface area contributed by atoms with Crippen molar-refractivity contribution in [1.29, 1.82) is 0 Å². The van der Waals surface area contributed by atoms with Crippen LogP contribution in [0.4, 0.5) is 0 Å². The molecule has 9 aromatic rings. The lowest BCUT2D eigenvalue weighted by atomic mass is 9.97. The summed E-state index contributed by atoms with van der Waals surface area (Å²) in [5.74, 6) is 0. The number of fused-ring (bicyclic) bond motifs is 10. The van der Waals surface area contributed by atoms with E-state index >= 15 is 0 Å². The SMILES string of the molecule is c1cc(-c2ccc3ccc4ccccc4c3c2)cc(-n2c3ccccc3c3c4oc5ccccc5c4ccc32)c1. The van der Waals surface area contributed by atoms with E-state index in [1.165, 1.54) is 43.6 Å². The van der Waals surface area contributed by atoms with Crippen LogP contribution in [0.5, 0.6) is 0 Å². The van der Waals surface area contributed by atoms with Crippen LogP contribution in [0.2, 0.25) is 0 Å². The van der Waals surface area contributed by atoms with Crippen LogP contribution in [-0.4, -0.2) is 4.57 Å². The van der Waals surface area contributed by atoms with Crippen LogP contribution < -0.4 is 0 Å². The maximum Gasteiger partial charge on any atom is 0.145 e. The van der Waals surface area contributed by atoms with Crippen molar-refractivity contribution in [1.82, 2.24) is 4.57 Å². The largest absolute Gasteiger partial charge is 0.455 e. The molecule has 2 heteroatoms. The molecule has 186 valence electrons. The molecule has 40 heavy (non-hydrogen) atoms. The predicted molar refractivity (Wildman–Crippen MR) is 169 cm³/mol. The van der Waals surface area contributed by atoms with Gasteiger partial charge in [-0.25, -0.2) is 0 Å². The molecule has 2 heterocycles. The first kappa shape index (κ1) is 21.6. The van der Waals surface area contributed by atoms with Gasteiger partial charge in [0.2, 0.25) is 0 Å². The fourth-order valence-corrected chi connectivity index (χ4v) is 6.52. The molecule has 0 aliphatic heterocycles. The Morgan fingerprint density at radius 3 is 2.08 bits per heavy atom. The second-order valence-electron chi connectivity index (χ2n) is 10.6. The molecule has 0 spiro atoms. The van der Waals surface area contributed by atoms with Crippen LogP contribution in [0.25, 0.3) is 82.1 Å². The Kier molecular flexibility index (Phi) is 4.36. The average Bonchev–Trinajstić information content (AvgIpc) is 3.56. The highest BCUT2D eigenvalue weighted by atomic mass is 16.3. The molecule has 0 saturated heterocycles. The lowest BCUT2D eigenvalue weighted by molar-refractivity contribution is 0.673. The number of hydrogen-bond acceptors (Lipinski definition) is 1. The summed E-state index contributed by atoms with van der Waals surface area (Å²) >= 11 is 0. The Balaban J connectivity index is 1.30. The van der Waals surface area contributed by atoms with E-state index in [1.54, 1.807) is 0 Å². The van der Waals surface area contributed by atoms with Crippen molar-refractivity contribution >= 4 is 65.3 Å². The fraction of sp³-hybridized carbons (Fsp3) is 0. The van der Waals surface area contributed by atoms with Gasteiger partial charge in [0.05, 0.1) is 16.4 Å². The minimum atomic E-state index is 0.924.